The van der Waals surface area contributed by atoms with Crippen LogP contribution < -0.4 is 5.43 Å². The first-order chi connectivity index (χ1) is 12.5. The van der Waals surface area contributed by atoms with Gasteiger partial charge in [-0.3, -0.25) is 10.2 Å². The van der Waals surface area contributed by atoms with E-state index in [4.69, 9.17) is 4.74 Å². The molecule has 144 valence electrons. The van der Waals surface area contributed by atoms with Gasteiger partial charge in [0.05, 0.1) is 12.1 Å². The number of carbonyl (C=O) groups excluding carboxylic acids is 1. The van der Waals surface area contributed by atoms with Crippen LogP contribution in [0.3, 0.4) is 0 Å². The Bertz CT molecular complexity index is 583. The summed E-state index contributed by atoms with van der Waals surface area (Å²) in [6, 6.07) is 9.86. The van der Waals surface area contributed by atoms with Crippen LogP contribution in [0.2, 0.25) is 0 Å². The lowest BCUT2D eigenvalue weighted by molar-refractivity contribution is -0.155. The van der Waals surface area contributed by atoms with Crippen molar-refractivity contribution in [2.24, 2.45) is 22.9 Å². The summed E-state index contributed by atoms with van der Waals surface area (Å²) in [5.41, 5.74) is 5.01. The summed E-state index contributed by atoms with van der Waals surface area (Å²) in [6.45, 7) is 8.79. The zero-order valence-electron chi connectivity index (χ0n) is 16.7. The van der Waals surface area contributed by atoms with Crippen LogP contribution in [0.15, 0.2) is 35.4 Å². The third kappa shape index (κ3) is 6.47. The molecule has 1 aliphatic carbocycles. The molecule has 26 heavy (non-hydrogen) atoms. The van der Waals surface area contributed by atoms with Crippen molar-refractivity contribution < 1.29 is 9.53 Å². The van der Waals surface area contributed by atoms with Crippen LogP contribution in [-0.2, 0) is 9.53 Å². The molecule has 1 aliphatic rings. The molecule has 0 aliphatic heterocycles. The fourth-order valence-corrected chi connectivity index (χ4v) is 3.69. The second kappa shape index (κ2) is 10.3. The molecule has 1 aromatic carbocycles. The molecule has 0 spiro atoms. The van der Waals surface area contributed by atoms with Crippen LogP contribution in [0.5, 0.6) is 0 Å². The number of anilines is 1. The zero-order valence-corrected chi connectivity index (χ0v) is 16.7. The quantitative estimate of drug-likeness (QED) is 0.371. The molecule has 1 N–H and O–H groups in total. The highest BCUT2D eigenvalue weighted by Crippen LogP contribution is 2.35. The Hall–Kier alpha value is -1.84. The summed E-state index contributed by atoms with van der Waals surface area (Å²) in [5, 5.41) is 4.45. The van der Waals surface area contributed by atoms with Gasteiger partial charge in [0.15, 0.2) is 0 Å². The number of hydrogen-bond acceptors (Lipinski definition) is 4. The maximum atomic E-state index is 12.4. The number of carbonyl (C=O) groups is 1. The highest BCUT2D eigenvalue weighted by atomic mass is 16.5. The van der Waals surface area contributed by atoms with Crippen LogP contribution in [-0.4, -0.2) is 17.8 Å². The number of hydrogen-bond donors (Lipinski definition) is 1. The second-order valence-electron chi connectivity index (χ2n) is 7.86. The molecule has 0 bridgehead atoms. The average Bonchev–Trinajstić information content (AvgIpc) is 2.62. The Morgan fingerprint density at radius 3 is 2.62 bits per heavy atom. The van der Waals surface area contributed by atoms with E-state index in [1.54, 1.807) is 0 Å². The monoisotopic (exact) mass is 358 g/mol. The van der Waals surface area contributed by atoms with Crippen molar-refractivity contribution in [1.29, 1.82) is 0 Å². The van der Waals surface area contributed by atoms with Gasteiger partial charge in [-0.05, 0) is 55.6 Å². The van der Waals surface area contributed by atoms with Gasteiger partial charge in [-0.15, -0.1) is 0 Å². The number of rotatable bonds is 8. The van der Waals surface area contributed by atoms with Crippen LogP contribution in [0.1, 0.15) is 66.2 Å². The van der Waals surface area contributed by atoms with E-state index >= 15 is 0 Å². The lowest BCUT2D eigenvalue weighted by Gasteiger charge is -2.36. The number of nitrogens with one attached hydrogen (secondary N) is 1. The van der Waals surface area contributed by atoms with Crippen molar-refractivity contribution in [3.05, 3.63) is 30.3 Å². The number of esters is 1. The van der Waals surface area contributed by atoms with Crippen molar-refractivity contribution in [2.45, 2.75) is 72.3 Å². The minimum absolute atomic E-state index is 0.0794. The number of nitrogens with zero attached hydrogens (tertiary/aromatic N) is 1. The highest BCUT2D eigenvalue weighted by molar-refractivity contribution is 5.87. The van der Waals surface area contributed by atoms with Crippen molar-refractivity contribution in [2.75, 3.05) is 5.43 Å². The predicted molar refractivity (Wildman–Crippen MR) is 108 cm³/mol. The smallest absolute Gasteiger partial charge is 0.306 e. The Morgan fingerprint density at radius 1 is 1.23 bits per heavy atom. The van der Waals surface area contributed by atoms with Crippen LogP contribution >= 0.6 is 0 Å². The summed E-state index contributed by atoms with van der Waals surface area (Å²) in [5.74, 6) is 1.61. The molecule has 2 rings (SSSR count). The van der Waals surface area contributed by atoms with Crippen molar-refractivity contribution in [1.82, 2.24) is 0 Å². The van der Waals surface area contributed by atoms with E-state index in [0.717, 1.165) is 24.2 Å². The summed E-state index contributed by atoms with van der Waals surface area (Å²) < 4.78 is 5.88. The van der Waals surface area contributed by atoms with E-state index in [-0.39, 0.29) is 12.1 Å². The summed E-state index contributed by atoms with van der Waals surface area (Å²) >= 11 is 0. The normalized spacial score (nSPS) is 23.7. The van der Waals surface area contributed by atoms with Gasteiger partial charge in [-0.1, -0.05) is 52.3 Å². The fourth-order valence-electron chi connectivity index (χ4n) is 3.69. The Morgan fingerprint density at radius 2 is 1.96 bits per heavy atom. The van der Waals surface area contributed by atoms with Crippen molar-refractivity contribution in [3.63, 3.8) is 0 Å². The lowest BCUT2D eigenvalue weighted by atomic mass is 9.75. The topological polar surface area (TPSA) is 50.7 Å². The Labute approximate surface area is 158 Å². The molecule has 4 heteroatoms. The van der Waals surface area contributed by atoms with Crippen molar-refractivity contribution >= 4 is 17.4 Å². The molecule has 1 fully saturated rings. The number of hydrazone groups is 1. The largest absolute Gasteiger partial charge is 0.462 e. The van der Waals surface area contributed by atoms with Gasteiger partial charge in [-0.25, -0.2) is 0 Å². The molecule has 0 saturated heterocycles. The third-order valence-corrected chi connectivity index (χ3v) is 5.39. The number of para-hydroxylation sites is 1. The van der Waals surface area contributed by atoms with Gasteiger partial charge >= 0.3 is 5.97 Å². The molecule has 1 saturated carbocycles. The maximum Gasteiger partial charge on any atom is 0.306 e. The summed E-state index contributed by atoms with van der Waals surface area (Å²) in [4.78, 5) is 12.4. The lowest BCUT2D eigenvalue weighted by Crippen LogP contribution is -2.35. The zero-order chi connectivity index (χ0) is 18.9. The van der Waals surface area contributed by atoms with E-state index in [9.17, 15) is 4.79 Å². The number of ether oxygens (including phenoxy) is 1. The molecule has 3 unspecified atom stereocenters. The van der Waals surface area contributed by atoms with Gasteiger partial charge < -0.3 is 4.74 Å². The van der Waals surface area contributed by atoms with Crippen LogP contribution in [0, 0.1) is 17.8 Å². The standard InChI is InChI=1S/C22H34N2O2/c1-5-18(23-24-19-9-7-6-8-10-19)12-14-22(25)26-21-15-17(4)11-13-20(21)16(2)3/h6-10,16-17,20-21,24H,5,11-15H2,1-4H3. The molecule has 3 atom stereocenters. The summed E-state index contributed by atoms with van der Waals surface area (Å²) in [6.07, 6.45) is 5.35. The van der Waals surface area contributed by atoms with Gasteiger partial charge in [0.25, 0.3) is 0 Å². The molecule has 0 amide bonds. The van der Waals surface area contributed by atoms with Crippen LogP contribution in [0.4, 0.5) is 5.69 Å². The average molecular weight is 359 g/mol. The Kier molecular flexibility index (Phi) is 8.14. The fraction of sp³-hybridized carbons (Fsp3) is 0.636. The maximum absolute atomic E-state index is 12.4. The van der Waals surface area contributed by atoms with Gasteiger partial charge in [0.1, 0.15) is 6.10 Å². The Balaban J connectivity index is 1.83. The van der Waals surface area contributed by atoms with E-state index in [0.29, 0.717) is 30.6 Å². The molecule has 0 radical (unpaired) electrons. The third-order valence-electron chi connectivity index (χ3n) is 5.39. The first-order valence-electron chi connectivity index (χ1n) is 10.1. The molecule has 1 aromatic rings. The molecule has 0 heterocycles. The molecule has 4 nitrogen and oxygen atoms in total. The second-order valence-corrected chi connectivity index (χ2v) is 7.86. The van der Waals surface area contributed by atoms with E-state index in [2.05, 4.69) is 38.2 Å². The van der Waals surface area contributed by atoms with Gasteiger partial charge in [0, 0.05) is 5.71 Å². The van der Waals surface area contributed by atoms with E-state index in [1.807, 2.05) is 30.3 Å². The van der Waals surface area contributed by atoms with E-state index < -0.39 is 0 Å². The van der Waals surface area contributed by atoms with Gasteiger partial charge in [-0.2, -0.15) is 5.10 Å². The minimum Gasteiger partial charge on any atom is -0.462 e. The molecular formula is C22H34N2O2. The minimum atomic E-state index is -0.0874. The van der Waals surface area contributed by atoms with Gasteiger partial charge in [0.2, 0.25) is 0 Å². The SMILES string of the molecule is CCC(CCC(=O)OC1CC(C)CCC1C(C)C)=NNc1ccccc1. The first-order valence-corrected chi connectivity index (χ1v) is 10.1. The predicted octanol–water partition coefficient (Wildman–Crippen LogP) is 5.65. The van der Waals surface area contributed by atoms with Crippen LogP contribution in [0.25, 0.3) is 0 Å². The summed E-state index contributed by atoms with van der Waals surface area (Å²) in [7, 11) is 0. The van der Waals surface area contributed by atoms with Crippen molar-refractivity contribution in [3.8, 4) is 0 Å². The molecular weight excluding hydrogens is 324 g/mol. The highest BCUT2D eigenvalue weighted by Gasteiger charge is 2.33. The van der Waals surface area contributed by atoms with E-state index in [1.165, 1.54) is 12.8 Å². The molecule has 0 aromatic heterocycles. The first kappa shape index (κ1) is 20.5. The number of benzene rings is 1.